The van der Waals surface area contributed by atoms with E-state index in [4.69, 9.17) is 0 Å². The maximum atomic E-state index is 11.2. The maximum Gasteiger partial charge on any atom is 0.164 e. The van der Waals surface area contributed by atoms with Crippen molar-refractivity contribution >= 4 is 5.78 Å². The SMILES string of the molecule is CCC(=O)c1cc(C)[nH]c1C. The zero-order valence-corrected chi connectivity index (χ0v) is 7.19. The fourth-order valence-corrected chi connectivity index (χ4v) is 1.20. The van der Waals surface area contributed by atoms with Gasteiger partial charge in [-0.2, -0.15) is 0 Å². The summed E-state index contributed by atoms with van der Waals surface area (Å²) in [6.45, 7) is 5.76. The van der Waals surface area contributed by atoms with Crippen LogP contribution in [0.25, 0.3) is 0 Å². The summed E-state index contributed by atoms with van der Waals surface area (Å²) in [5, 5.41) is 0. The molecule has 0 radical (unpaired) electrons. The van der Waals surface area contributed by atoms with Gasteiger partial charge >= 0.3 is 0 Å². The first-order valence-corrected chi connectivity index (χ1v) is 3.84. The average molecular weight is 151 g/mol. The Morgan fingerprint density at radius 1 is 1.55 bits per heavy atom. The van der Waals surface area contributed by atoms with Crippen molar-refractivity contribution < 1.29 is 4.79 Å². The van der Waals surface area contributed by atoms with Gasteiger partial charge in [0, 0.05) is 23.4 Å². The van der Waals surface area contributed by atoms with Crippen molar-refractivity contribution in [2.45, 2.75) is 27.2 Å². The third-order valence-electron chi connectivity index (χ3n) is 1.77. The van der Waals surface area contributed by atoms with Gasteiger partial charge in [-0.25, -0.2) is 0 Å². The van der Waals surface area contributed by atoms with E-state index in [0.29, 0.717) is 6.42 Å². The van der Waals surface area contributed by atoms with Crippen molar-refractivity contribution in [3.63, 3.8) is 0 Å². The quantitative estimate of drug-likeness (QED) is 0.646. The number of rotatable bonds is 2. The van der Waals surface area contributed by atoms with Gasteiger partial charge < -0.3 is 4.98 Å². The molecule has 1 aromatic rings. The summed E-state index contributed by atoms with van der Waals surface area (Å²) in [6.07, 6.45) is 0.581. The molecule has 2 nitrogen and oxygen atoms in total. The first-order valence-electron chi connectivity index (χ1n) is 3.84. The average Bonchev–Trinajstić information content (AvgIpc) is 2.28. The van der Waals surface area contributed by atoms with E-state index in [2.05, 4.69) is 4.98 Å². The number of Topliss-reactive ketones (excluding diaryl/α,β-unsaturated/α-hetero) is 1. The van der Waals surface area contributed by atoms with Crippen LogP contribution in [0, 0.1) is 13.8 Å². The van der Waals surface area contributed by atoms with Crippen LogP contribution in [-0.2, 0) is 0 Å². The largest absolute Gasteiger partial charge is 0.362 e. The minimum absolute atomic E-state index is 0.215. The lowest BCUT2D eigenvalue weighted by atomic mass is 10.1. The Kier molecular flexibility index (Phi) is 2.13. The molecule has 11 heavy (non-hydrogen) atoms. The summed E-state index contributed by atoms with van der Waals surface area (Å²) >= 11 is 0. The topological polar surface area (TPSA) is 32.9 Å². The van der Waals surface area contributed by atoms with Gasteiger partial charge in [-0.1, -0.05) is 6.92 Å². The molecule has 0 fully saturated rings. The molecular formula is C9H13NO. The van der Waals surface area contributed by atoms with Crippen LogP contribution >= 0.6 is 0 Å². The number of aromatic amines is 1. The fraction of sp³-hybridized carbons (Fsp3) is 0.444. The van der Waals surface area contributed by atoms with Crippen LogP contribution in [0.15, 0.2) is 6.07 Å². The Bertz CT molecular complexity index is 273. The summed E-state index contributed by atoms with van der Waals surface area (Å²) < 4.78 is 0. The van der Waals surface area contributed by atoms with E-state index >= 15 is 0 Å². The van der Waals surface area contributed by atoms with Crippen LogP contribution in [0.3, 0.4) is 0 Å². The number of H-pyrrole nitrogens is 1. The van der Waals surface area contributed by atoms with Gasteiger partial charge in [0.25, 0.3) is 0 Å². The molecule has 60 valence electrons. The predicted molar refractivity (Wildman–Crippen MR) is 44.9 cm³/mol. The molecule has 0 aliphatic heterocycles. The van der Waals surface area contributed by atoms with Crippen molar-refractivity contribution in [2.24, 2.45) is 0 Å². The third kappa shape index (κ3) is 1.50. The minimum atomic E-state index is 0.215. The predicted octanol–water partition coefficient (Wildman–Crippen LogP) is 2.22. The molecule has 1 aromatic heterocycles. The van der Waals surface area contributed by atoms with Crippen LogP contribution in [-0.4, -0.2) is 10.8 Å². The van der Waals surface area contributed by atoms with Gasteiger partial charge in [-0.15, -0.1) is 0 Å². The van der Waals surface area contributed by atoms with Crippen LogP contribution in [0.1, 0.15) is 35.1 Å². The van der Waals surface area contributed by atoms with E-state index in [1.807, 2.05) is 26.8 Å². The summed E-state index contributed by atoms with van der Waals surface area (Å²) in [7, 11) is 0. The lowest BCUT2D eigenvalue weighted by Crippen LogP contribution is -1.96. The molecule has 1 N–H and O–H groups in total. The van der Waals surface area contributed by atoms with E-state index < -0.39 is 0 Å². The Labute approximate surface area is 66.6 Å². The molecule has 0 unspecified atom stereocenters. The number of hydrogen-bond donors (Lipinski definition) is 1. The number of carbonyl (C=O) groups excluding carboxylic acids is 1. The molecule has 0 amide bonds. The standard InChI is InChI=1S/C9H13NO/c1-4-9(11)8-5-6(2)10-7(8)3/h5,10H,4H2,1-3H3. The molecule has 2 heteroatoms. The van der Waals surface area contributed by atoms with Crippen LogP contribution < -0.4 is 0 Å². The number of hydrogen-bond acceptors (Lipinski definition) is 1. The van der Waals surface area contributed by atoms with E-state index in [0.717, 1.165) is 17.0 Å². The lowest BCUT2D eigenvalue weighted by Gasteiger charge is -1.92. The minimum Gasteiger partial charge on any atom is -0.362 e. The van der Waals surface area contributed by atoms with Crippen molar-refractivity contribution in [1.82, 2.24) is 4.98 Å². The zero-order valence-electron chi connectivity index (χ0n) is 7.19. The first-order chi connectivity index (χ1) is 5.15. The van der Waals surface area contributed by atoms with Crippen molar-refractivity contribution in [2.75, 3.05) is 0 Å². The van der Waals surface area contributed by atoms with Gasteiger partial charge in [0.1, 0.15) is 0 Å². The van der Waals surface area contributed by atoms with Crippen molar-refractivity contribution in [3.05, 3.63) is 23.0 Å². The first kappa shape index (κ1) is 8.05. The van der Waals surface area contributed by atoms with E-state index in [1.54, 1.807) is 0 Å². The molecule has 0 bridgehead atoms. The van der Waals surface area contributed by atoms with Gasteiger partial charge in [0.15, 0.2) is 5.78 Å². The highest BCUT2D eigenvalue weighted by molar-refractivity contribution is 5.97. The van der Waals surface area contributed by atoms with Crippen LogP contribution in [0.4, 0.5) is 0 Å². The highest BCUT2D eigenvalue weighted by Crippen LogP contribution is 2.10. The third-order valence-corrected chi connectivity index (χ3v) is 1.77. The summed E-state index contributed by atoms with van der Waals surface area (Å²) in [4.78, 5) is 14.3. The van der Waals surface area contributed by atoms with E-state index in [9.17, 15) is 4.79 Å². The molecular weight excluding hydrogens is 138 g/mol. The van der Waals surface area contributed by atoms with Gasteiger partial charge in [-0.05, 0) is 19.9 Å². The van der Waals surface area contributed by atoms with E-state index in [1.165, 1.54) is 0 Å². The highest BCUT2D eigenvalue weighted by atomic mass is 16.1. The summed E-state index contributed by atoms with van der Waals surface area (Å²) in [5.41, 5.74) is 2.87. The van der Waals surface area contributed by atoms with E-state index in [-0.39, 0.29) is 5.78 Å². The molecule has 0 saturated heterocycles. The molecule has 0 spiro atoms. The number of ketones is 1. The molecule has 0 aliphatic rings. The molecule has 0 aliphatic carbocycles. The van der Waals surface area contributed by atoms with Crippen LogP contribution in [0.5, 0.6) is 0 Å². The molecule has 0 atom stereocenters. The smallest absolute Gasteiger partial charge is 0.164 e. The number of nitrogens with one attached hydrogen (secondary N) is 1. The molecule has 1 heterocycles. The molecule has 1 rings (SSSR count). The lowest BCUT2D eigenvalue weighted by molar-refractivity contribution is 0.0987. The van der Waals surface area contributed by atoms with Crippen LogP contribution in [0.2, 0.25) is 0 Å². The molecule has 0 saturated carbocycles. The Morgan fingerprint density at radius 3 is 2.55 bits per heavy atom. The van der Waals surface area contributed by atoms with Crippen molar-refractivity contribution in [1.29, 1.82) is 0 Å². The number of carbonyl (C=O) groups is 1. The van der Waals surface area contributed by atoms with Crippen molar-refractivity contribution in [3.8, 4) is 0 Å². The Hall–Kier alpha value is -1.05. The normalized spacial score (nSPS) is 10.1. The summed E-state index contributed by atoms with van der Waals surface area (Å²) in [5.74, 6) is 0.215. The Balaban J connectivity index is 3.03. The summed E-state index contributed by atoms with van der Waals surface area (Å²) in [6, 6.07) is 1.90. The van der Waals surface area contributed by atoms with Gasteiger partial charge in [0.2, 0.25) is 0 Å². The second kappa shape index (κ2) is 2.91. The zero-order chi connectivity index (χ0) is 8.43. The second-order valence-corrected chi connectivity index (χ2v) is 2.77. The van der Waals surface area contributed by atoms with Gasteiger partial charge in [0.05, 0.1) is 0 Å². The Morgan fingerprint density at radius 2 is 2.18 bits per heavy atom. The van der Waals surface area contributed by atoms with Gasteiger partial charge in [-0.3, -0.25) is 4.79 Å². The maximum absolute atomic E-state index is 11.2. The highest BCUT2D eigenvalue weighted by Gasteiger charge is 2.07. The second-order valence-electron chi connectivity index (χ2n) is 2.77. The number of aryl methyl sites for hydroxylation is 2. The monoisotopic (exact) mass is 151 g/mol. The fourth-order valence-electron chi connectivity index (χ4n) is 1.20. The molecule has 0 aromatic carbocycles. The number of aromatic nitrogens is 1.